The summed E-state index contributed by atoms with van der Waals surface area (Å²) in [7, 11) is 1.64. The summed E-state index contributed by atoms with van der Waals surface area (Å²) in [5.41, 5.74) is 2.28. The number of ether oxygens (including phenoxy) is 1. The van der Waals surface area contributed by atoms with Crippen molar-refractivity contribution in [3.05, 3.63) is 42.7 Å². The normalized spacial score (nSPS) is 10.6. The second kappa shape index (κ2) is 5.97. The van der Waals surface area contributed by atoms with Gasteiger partial charge in [0, 0.05) is 5.56 Å². The van der Waals surface area contributed by atoms with Crippen molar-refractivity contribution in [2.24, 2.45) is 0 Å². The van der Waals surface area contributed by atoms with E-state index in [4.69, 9.17) is 9.15 Å². The molecule has 21 heavy (non-hydrogen) atoms. The first-order chi connectivity index (χ1) is 10.3. The van der Waals surface area contributed by atoms with Crippen molar-refractivity contribution >= 4 is 11.8 Å². The molecule has 0 fully saturated rings. The highest BCUT2D eigenvalue weighted by molar-refractivity contribution is 7.98. The molecular formula is C15H13N3O2S. The van der Waals surface area contributed by atoms with Crippen LogP contribution >= 0.6 is 11.8 Å². The van der Waals surface area contributed by atoms with E-state index < -0.39 is 0 Å². The summed E-state index contributed by atoms with van der Waals surface area (Å²) >= 11 is 1.44. The van der Waals surface area contributed by atoms with Crippen LogP contribution in [0.1, 0.15) is 0 Å². The first-order valence-electron chi connectivity index (χ1n) is 6.29. The van der Waals surface area contributed by atoms with Crippen LogP contribution in [0.4, 0.5) is 0 Å². The van der Waals surface area contributed by atoms with E-state index in [9.17, 15) is 0 Å². The van der Waals surface area contributed by atoms with Crippen LogP contribution < -0.4 is 4.74 Å². The highest BCUT2D eigenvalue weighted by atomic mass is 32.2. The molecule has 3 rings (SSSR count). The number of aromatic nitrogens is 3. The Bertz CT molecular complexity index is 727. The molecule has 0 aliphatic heterocycles. The number of furan rings is 1. The Morgan fingerprint density at radius 1 is 1.05 bits per heavy atom. The molecule has 0 amide bonds. The molecule has 0 saturated heterocycles. The highest BCUT2D eigenvalue weighted by Crippen LogP contribution is 2.30. The molecule has 5 nitrogen and oxygen atoms in total. The second-order valence-corrected chi connectivity index (χ2v) is 4.97. The second-order valence-electron chi connectivity index (χ2n) is 4.20. The largest absolute Gasteiger partial charge is 0.497 e. The summed E-state index contributed by atoms with van der Waals surface area (Å²) < 4.78 is 10.6. The number of nitrogens with zero attached hydrogens (tertiary/aromatic N) is 3. The van der Waals surface area contributed by atoms with Gasteiger partial charge >= 0.3 is 0 Å². The lowest BCUT2D eigenvalue weighted by molar-refractivity contribution is 0.415. The van der Waals surface area contributed by atoms with Gasteiger partial charge in [0.15, 0.2) is 5.76 Å². The van der Waals surface area contributed by atoms with Crippen LogP contribution in [0.25, 0.3) is 22.7 Å². The molecule has 6 heteroatoms. The van der Waals surface area contributed by atoms with Crippen molar-refractivity contribution in [2.45, 2.75) is 5.16 Å². The van der Waals surface area contributed by atoms with E-state index in [1.54, 1.807) is 13.4 Å². The van der Waals surface area contributed by atoms with Crippen molar-refractivity contribution in [3.8, 4) is 28.5 Å². The molecule has 0 atom stereocenters. The smallest absolute Gasteiger partial charge is 0.209 e. The summed E-state index contributed by atoms with van der Waals surface area (Å²) in [6.45, 7) is 0. The Hall–Kier alpha value is -2.34. The zero-order chi connectivity index (χ0) is 14.7. The predicted octanol–water partition coefficient (Wildman–Crippen LogP) is 3.53. The molecule has 0 bridgehead atoms. The molecule has 0 N–H and O–H groups in total. The van der Waals surface area contributed by atoms with E-state index in [2.05, 4.69) is 15.2 Å². The number of methoxy groups -OCH3 is 1. The molecular weight excluding hydrogens is 286 g/mol. The van der Waals surface area contributed by atoms with Gasteiger partial charge in [0.05, 0.1) is 13.4 Å². The van der Waals surface area contributed by atoms with Crippen LogP contribution in [0.15, 0.2) is 52.2 Å². The number of hydrogen-bond acceptors (Lipinski definition) is 6. The number of hydrogen-bond donors (Lipinski definition) is 0. The van der Waals surface area contributed by atoms with Gasteiger partial charge in [-0.15, -0.1) is 10.2 Å². The Kier molecular flexibility index (Phi) is 3.87. The molecule has 3 aromatic rings. The maximum absolute atomic E-state index is 5.46. The van der Waals surface area contributed by atoms with Crippen molar-refractivity contribution in [1.29, 1.82) is 0 Å². The van der Waals surface area contributed by atoms with E-state index >= 15 is 0 Å². The first-order valence-corrected chi connectivity index (χ1v) is 7.51. The minimum atomic E-state index is 0.610. The highest BCUT2D eigenvalue weighted by Gasteiger charge is 2.15. The van der Waals surface area contributed by atoms with Crippen molar-refractivity contribution in [1.82, 2.24) is 15.2 Å². The van der Waals surface area contributed by atoms with Gasteiger partial charge in [0.25, 0.3) is 0 Å². The molecule has 0 spiro atoms. The molecule has 1 aromatic carbocycles. The molecule has 2 heterocycles. The van der Waals surface area contributed by atoms with Crippen LogP contribution in [0.2, 0.25) is 0 Å². The van der Waals surface area contributed by atoms with E-state index in [1.165, 1.54) is 11.8 Å². The monoisotopic (exact) mass is 299 g/mol. The maximum Gasteiger partial charge on any atom is 0.209 e. The van der Waals surface area contributed by atoms with Gasteiger partial charge in [-0.25, -0.2) is 4.98 Å². The first kappa shape index (κ1) is 13.6. The minimum absolute atomic E-state index is 0.610. The fraction of sp³-hybridized carbons (Fsp3) is 0.133. The van der Waals surface area contributed by atoms with Gasteiger partial charge < -0.3 is 9.15 Å². The third kappa shape index (κ3) is 2.75. The van der Waals surface area contributed by atoms with E-state index in [-0.39, 0.29) is 0 Å². The topological polar surface area (TPSA) is 61.0 Å². The van der Waals surface area contributed by atoms with Crippen LogP contribution in [0, 0.1) is 0 Å². The molecule has 0 aliphatic carbocycles. The van der Waals surface area contributed by atoms with Gasteiger partial charge in [0.1, 0.15) is 17.1 Å². The van der Waals surface area contributed by atoms with Gasteiger partial charge in [0.2, 0.25) is 5.16 Å². The SMILES string of the molecule is COc1ccc(-c2nnc(SC)nc2-c2ccco2)cc1. The Labute approximate surface area is 126 Å². The molecule has 0 saturated carbocycles. The van der Waals surface area contributed by atoms with E-state index in [0.29, 0.717) is 22.3 Å². The van der Waals surface area contributed by atoms with Crippen molar-refractivity contribution < 1.29 is 9.15 Å². The summed E-state index contributed by atoms with van der Waals surface area (Å²) in [4.78, 5) is 4.52. The lowest BCUT2D eigenvalue weighted by atomic mass is 10.1. The number of thioether (sulfide) groups is 1. The average molecular weight is 299 g/mol. The lowest BCUT2D eigenvalue weighted by Crippen LogP contribution is -1.98. The molecule has 2 aromatic heterocycles. The number of benzene rings is 1. The van der Waals surface area contributed by atoms with Crippen LogP contribution in [0.3, 0.4) is 0 Å². The zero-order valence-corrected chi connectivity index (χ0v) is 12.4. The summed E-state index contributed by atoms with van der Waals surface area (Å²) in [6, 6.07) is 11.3. The fourth-order valence-electron chi connectivity index (χ4n) is 1.93. The average Bonchev–Trinajstić information content (AvgIpc) is 3.09. The van der Waals surface area contributed by atoms with E-state index in [0.717, 1.165) is 11.3 Å². The third-order valence-electron chi connectivity index (χ3n) is 2.97. The number of rotatable bonds is 4. The summed E-state index contributed by atoms with van der Waals surface area (Å²) in [5.74, 6) is 1.46. The lowest BCUT2D eigenvalue weighted by Gasteiger charge is -2.07. The molecule has 0 radical (unpaired) electrons. The van der Waals surface area contributed by atoms with Crippen molar-refractivity contribution in [3.63, 3.8) is 0 Å². The van der Waals surface area contributed by atoms with Crippen LogP contribution in [-0.4, -0.2) is 28.5 Å². The van der Waals surface area contributed by atoms with Crippen LogP contribution in [0.5, 0.6) is 5.75 Å². The van der Waals surface area contributed by atoms with E-state index in [1.807, 2.05) is 42.7 Å². The van der Waals surface area contributed by atoms with Gasteiger partial charge in [-0.2, -0.15) is 0 Å². The Morgan fingerprint density at radius 2 is 1.86 bits per heavy atom. The molecule has 0 unspecified atom stereocenters. The maximum atomic E-state index is 5.46. The summed E-state index contributed by atoms with van der Waals surface area (Å²) in [6.07, 6.45) is 3.53. The van der Waals surface area contributed by atoms with Gasteiger partial charge in [-0.3, -0.25) is 0 Å². The fourth-order valence-corrected chi connectivity index (χ4v) is 2.23. The minimum Gasteiger partial charge on any atom is -0.497 e. The molecule has 106 valence electrons. The standard InChI is InChI=1S/C15H13N3O2S/c1-19-11-7-5-10(6-8-11)13-14(12-4-3-9-20-12)16-15(21-2)18-17-13/h3-9H,1-2H3. The van der Waals surface area contributed by atoms with Gasteiger partial charge in [-0.1, -0.05) is 11.8 Å². The Balaban J connectivity index is 2.12. The van der Waals surface area contributed by atoms with Gasteiger partial charge in [-0.05, 0) is 42.7 Å². The molecule has 0 aliphatic rings. The predicted molar refractivity (Wildman–Crippen MR) is 81.3 cm³/mol. The summed E-state index contributed by atoms with van der Waals surface area (Å²) in [5, 5.41) is 9.02. The Morgan fingerprint density at radius 3 is 2.48 bits per heavy atom. The third-order valence-corrected chi connectivity index (χ3v) is 3.51. The zero-order valence-electron chi connectivity index (χ0n) is 11.6. The van der Waals surface area contributed by atoms with Crippen molar-refractivity contribution in [2.75, 3.05) is 13.4 Å². The van der Waals surface area contributed by atoms with Crippen LogP contribution in [-0.2, 0) is 0 Å². The quantitative estimate of drug-likeness (QED) is 0.687.